The average Bonchev–Trinajstić information content (AvgIpc) is 2.91. The largest absolute Gasteiger partial charge is 0.316 e. The Hall–Kier alpha value is -1.88. The summed E-state index contributed by atoms with van der Waals surface area (Å²) in [5.41, 5.74) is 2.11. The van der Waals surface area contributed by atoms with Crippen molar-refractivity contribution >= 4 is 22.9 Å². The number of carbonyl (C=O) groups is 1. The van der Waals surface area contributed by atoms with Crippen molar-refractivity contribution in [3.8, 4) is 0 Å². The zero-order valence-electron chi connectivity index (χ0n) is 14.3. The summed E-state index contributed by atoms with van der Waals surface area (Å²) in [4.78, 5) is 17.4. The number of para-hydroxylation sites is 2. The highest BCUT2D eigenvalue weighted by molar-refractivity contribution is 5.93. The monoisotopic (exact) mass is 326 g/mol. The fraction of sp³-hybridized carbons (Fsp3) is 0.579. The number of anilines is 1. The van der Waals surface area contributed by atoms with Crippen molar-refractivity contribution in [2.75, 3.05) is 18.4 Å². The Morgan fingerprint density at radius 2 is 2.00 bits per heavy atom. The number of hydrogen-bond acceptors (Lipinski definition) is 3. The Morgan fingerprint density at radius 3 is 2.71 bits per heavy atom. The van der Waals surface area contributed by atoms with Gasteiger partial charge in [-0.25, -0.2) is 4.98 Å². The number of fused-ring (bicyclic) bond motifs is 1. The number of aromatic nitrogens is 2. The third kappa shape index (κ3) is 2.81. The minimum absolute atomic E-state index is 0.0193. The molecule has 2 aromatic rings. The predicted octanol–water partition coefficient (Wildman–Crippen LogP) is 3.34. The highest BCUT2D eigenvalue weighted by Crippen LogP contribution is 2.34. The molecule has 2 fully saturated rings. The SMILES string of the molecule is CC(C(=O)Nc1nc2ccccc2n1C1CCCCC1)C1CNC1. The van der Waals surface area contributed by atoms with Gasteiger partial charge in [0.25, 0.3) is 0 Å². The molecule has 0 bridgehead atoms. The molecule has 0 radical (unpaired) electrons. The van der Waals surface area contributed by atoms with Crippen LogP contribution in [0.4, 0.5) is 5.95 Å². The van der Waals surface area contributed by atoms with Gasteiger partial charge in [0.15, 0.2) is 0 Å². The highest BCUT2D eigenvalue weighted by atomic mass is 16.2. The van der Waals surface area contributed by atoms with Crippen LogP contribution in [0, 0.1) is 11.8 Å². The molecule has 1 aliphatic heterocycles. The number of benzene rings is 1. The Morgan fingerprint density at radius 1 is 1.25 bits per heavy atom. The molecule has 2 heterocycles. The first kappa shape index (κ1) is 15.6. The fourth-order valence-electron chi connectivity index (χ4n) is 3.94. The van der Waals surface area contributed by atoms with E-state index in [1.807, 2.05) is 19.1 Å². The second-order valence-electron chi connectivity index (χ2n) is 7.28. The van der Waals surface area contributed by atoms with E-state index in [1.165, 1.54) is 32.1 Å². The highest BCUT2D eigenvalue weighted by Gasteiger charge is 2.30. The van der Waals surface area contributed by atoms with Crippen LogP contribution in [0.5, 0.6) is 0 Å². The number of imidazole rings is 1. The first-order valence-corrected chi connectivity index (χ1v) is 9.22. The Balaban J connectivity index is 1.64. The summed E-state index contributed by atoms with van der Waals surface area (Å²) in [6, 6.07) is 8.66. The van der Waals surface area contributed by atoms with Gasteiger partial charge in [0.05, 0.1) is 11.0 Å². The maximum absolute atomic E-state index is 12.7. The maximum atomic E-state index is 12.7. The van der Waals surface area contributed by atoms with Crippen LogP contribution in [0.25, 0.3) is 11.0 Å². The van der Waals surface area contributed by atoms with Gasteiger partial charge in [0.1, 0.15) is 0 Å². The zero-order chi connectivity index (χ0) is 16.5. The van der Waals surface area contributed by atoms with Gasteiger partial charge < -0.3 is 9.88 Å². The summed E-state index contributed by atoms with van der Waals surface area (Å²) < 4.78 is 2.28. The van der Waals surface area contributed by atoms with Crippen LogP contribution in [-0.4, -0.2) is 28.5 Å². The lowest BCUT2D eigenvalue weighted by Crippen LogP contribution is -2.48. The summed E-state index contributed by atoms with van der Waals surface area (Å²) >= 11 is 0. The molecule has 1 saturated carbocycles. The van der Waals surface area contributed by atoms with E-state index in [0.717, 1.165) is 30.1 Å². The minimum Gasteiger partial charge on any atom is -0.316 e. The molecular formula is C19H26N4O. The van der Waals surface area contributed by atoms with Crippen LogP contribution in [0.1, 0.15) is 45.1 Å². The van der Waals surface area contributed by atoms with E-state index in [0.29, 0.717) is 12.0 Å². The zero-order valence-corrected chi connectivity index (χ0v) is 14.3. The predicted molar refractivity (Wildman–Crippen MR) is 96.0 cm³/mol. The van der Waals surface area contributed by atoms with Gasteiger partial charge in [0, 0.05) is 12.0 Å². The summed E-state index contributed by atoms with van der Waals surface area (Å²) in [5, 5.41) is 6.38. The standard InChI is InChI=1S/C19H26N4O/c1-13(14-11-20-12-14)18(24)22-19-21-16-9-5-6-10-17(16)23(19)15-7-3-2-4-8-15/h5-6,9-10,13-15,20H,2-4,7-8,11-12H2,1H3,(H,21,22,24). The van der Waals surface area contributed by atoms with Gasteiger partial charge in [-0.3, -0.25) is 10.1 Å². The van der Waals surface area contributed by atoms with E-state index in [1.54, 1.807) is 0 Å². The van der Waals surface area contributed by atoms with Crippen molar-refractivity contribution in [3.05, 3.63) is 24.3 Å². The van der Waals surface area contributed by atoms with Gasteiger partial charge in [0.2, 0.25) is 11.9 Å². The number of nitrogens with one attached hydrogen (secondary N) is 2. The molecule has 1 aromatic heterocycles. The van der Waals surface area contributed by atoms with E-state index < -0.39 is 0 Å². The molecule has 128 valence electrons. The summed E-state index contributed by atoms with van der Waals surface area (Å²) in [5.74, 6) is 1.28. The number of nitrogens with zero attached hydrogens (tertiary/aromatic N) is 2. The maximum Gasteiger partial charge on any atom is 0.229 e. The van der Waals surface area contributed by atoms with Gasteiger partial charge in [-0.05, 0) is 44.0 Å². The Labute approximate surface area is 142 Å². The Kier molecular flexibility index (Phi) is 4.27. The van der Waals surface area contributed by atoms with Crippen molar-refractivity contribution in [2.24, 2.45) is 11.8 Å². The number of amides is 1. The number of rotatable bonds is 4. The normalized spacial score (nSPS) is 20.7. The molecule has 2 aliphatic rings. The van der Waals surface area contributed by atoms with Crippen molar-refractivity contribution in [3.63, 3.8) is 0 Å². The lowest BCUT2D eigenvalue weighted by Gasteiger charge is -2.32. The second kappa shape index (κ2) is 6.55. The summed E-state index contributed by atoms with van der Waals surface area (Å²) in [7, 11) is 0. The van der Waals surface area contributed by atoms with E-state index in [9.17, 15) is 4.79 Å². The first-order chi connectivity index (χ1) is 11.7. The quantitative estimate of drug-likeness (QED) is 0.906. The topological polar surface area (TPSA) is 59.0 Å². The molecule has 2 N–H and O–H groups in total. The van der Waals surface area contributed by atoms with Crippen molar-refractivity contribution < 1.29 is 4.79 Å². The molecule has 4 rings (SSSR count). The number of hydrogen-bond donors (Lipinski definition) is 2. The minimum atomic E-state index is 0.0193. The van der Waals surface area contributed by atoms with Gasteiger partial charge in [-0.1, -0.05) is 38.3 Å². The smallest absolute Gasteiger partial charge is 0.229 e. The molecule has 1 unspecified atom stereocenters. The number of carbonyl (C=O) groups excluding carboxylic acids is 1. The molecule has 5 heteroatoms. The van der Waals surface area contributed by atoms with Crippen LogP contribution in [0.3, 0.4) is 0 Å². The van der Waals surface area contributed by atoms with Crippen molar-refractivity contribution in [2.45, 2.75) is 45.1 Å². The average molecular weight is 326 g/mol. The molecule has 1 atom stereocenters. The summed E-state index contributed by atoms with van der Waals surface area (Å²) in [6.07, 6.45) is 6.18. The van der Waals surface area contributed by atoms with Crippen molar-refractivity contribution in [1.82, 2.24) is 14.9 Å². The lowest BCUT2D eigenvalue weighted by molar-refractivity contribution is -0.121. The molecule has 1 saturated heterocycles. The van der Waals surface area contributed by atoms with Crippen LogP contribution in [-0.2, 0) is 4.79 Å². The van der Waals surface area contributed by atoms with E-state index >= 15 is 0 Å². The second-order valence-corrected chi connectivity index (χ2v) is 7.28. The van der Waals surface area contributed by atoms with Crippen LogP contribution >= 0.6 is 0 Å². The van der Waals surface area contributed by atoms with E-state index in [4.69, 9.17) is 4.98 Å². The van der Waals surface area contributed by atoms with Gasteiger partial charge >= 0.3 is 0 Å². The molecule has 24 heavy (non-hydrogen) atoms. The van der Waals surface area contributed by atoms with E-state index in [2.05, 4.69) is 27.3 Å². The van der Waals surface area contributed by atoms with Crippen LogP contribution in [0.15, 0.2) is 24.3 Å². The van der Waals surface area contributed by atoms with Crippen LogP contribution < -0.4 is 10.6 Å². The summed E-state index contributed by atoms with van der Waals surface area (Å²) in [6.45, 7) is 3.90. The van der Waals surface area contributed by atoms with Crippen molar-refractivity contribution in [1.29, 1.82) is 0 Å². The lowest BCUT2D eigenvalue weighted by atomic mass is 9.88. The molecule has 1 amide bonds. The third-order valence-electron chi connectivity index (χ3n) is 5.70. The van der Waals surface area contributed by atoms with Gasteiger partial charge in [-0.15, -0.1) is 0 Å². The van der Waals surface area contributed by atoms with Crippen LogP contribution in [0.2, 0.25) is 0 Å². The molecule has 1 aliphatic carbocycles. The van der Waals surface area contributed by atoms with E-state index in [-0.39, 0.29) is 11.8 Å². The molecule has 5 nitrogen and oxygen atoms in total. The molecular weight excluding hydrogens is 300 g/mol. The first-order valence-electron chi connectivity index (χ1n) is 9.22. The fourth-order valence-corrected chi connectivity index (χ4v) is 3.94. The molecule has 0 spiro atoms. The van der Waals surface area contributed by atoms with Gasteiger partial charge in [-0.2, -0.15) is 0 Å². The Bertz CT molecular complexity index is 728. The third-order valence-corrected chi connectivity index (χ3v) is 5.70. The molecule has 1 aromatic carbocycles.